The molecule has 0 bridgehead atoms. The largest absolute Gasteiger partial charge is 0.316 e. The van der Waals surface area contributed by atoms with E-state index in [1.165, 1.54) is 9.99 Å². The smallest absolute Gasteiger partial charge is 0.0441 e. The fourth-order valence-electron chi connectivity index (χ4n) is 2.03. The van der Waals surface area contributed by atoms with Crippen molar-refractivity contribution >= 4 is 34.2 Å². The first-order chi connectivity index (χ1) is 6.83. The lowest BCUT2D eigenvalue weighted by atomic mass is 9.90. The van der Waals surface area contributed by atoms with Crippen LogP contribution in [0.3, 0.4) is 0 Å². The maximum atomic E-state index is 6.20. The highest BCUT2D eigenvalue weighted by Crippen LogP contribution is 2.33. The Morgan fingerprint density at radius 2 is 2.14 bits per heavy atom. The van der Waals surface area contributed by atoms with E-state index in [-0.39, 0.29) is 0 Å². The molecule has 0 saturated carbocycles. The van der Waals surface area contributed by atoms with Gasteiger partial charge in [-0.25, -0.2) is 0 Å². The number of rotatable bonds is 2. The minimum atomic E-state index is 0.598. The van der Waals surface area contributed by atoms with Crippen LogP contribution in [0.25, 0.3) is 0 Å². The van der Waals surface area contributed by atoms with E-state index in [0.29, 0.717) is 5.92 Å². The molecule has 2 atom stereocenters. The van der Waals surface area contributed by atoms with Gasteiger partial charge in [-0.15, -0.1) is 0 Å². The molecule has 76 valence electrons. The molecule has 0 aromatic heterocycles. The summed E-state index contributed by atoms with van der Waals surface area (Å²) in [6.07, 6.45) is 0. The Bertz CT molecular complexity index is 316. The molecule has 1 nitrogen and oxygen atoms in total. The molecule has 2 rings (SSSR count). The van der Waals surface area contributed by atoms with E-state index in [4.69, 9.17) is 11.6 Å². The molecule has 1 heterocycles. The van der Waals surface area contributed by atoms with Gasteiger partial charge in [-0.05, 0) is 24.1 Å². The molecule has 1 N–H and O–H groups in total. The lowest BCUT2D eigenvalue weighted by molar-refractivity contribution is 0.590. The Hall–Kier alpha value is 0.200. The first-order valence-electron chi connectivity index (χ1n) is 4.84. The number of benzene rings is 1. The van der Waals surface area contributed by atoms with Crippen molar-refractivity contribution in [2.45, 2.75) is 5.92 Å². The van der Waals surface area contributed by atoms with Crippen LogP contribution >= 0.6 is 34.2 Å². The average Bonchev–Trinajstić information content (AvgIpc) is 2.66. The first-order valence-corrected chi connectivity index (χ1v) is 6.74. The van der Waals surface area contributed by atoms with Crippen molar-refractivity contribution in [3.63, 3.8) is 0 Å². The van der Waals surface area contributed by atoms with Crippen molar-refractivity contribution in [1.82, 2.24) is 5.32 Å². The topological polar surface area (TPSA) is 12.0 Å². The SMILES string of the molecule is Clc1ccccc1C1CNCC1CI. The molecule has 0 spiro atoms. The quantitative estimate of drug-likeness (QED) is 0.652. The van der Waals surface area contributed by atoms with Gasteiger partial charge in [-0.1, -0.05) is 52.4 Å². The van der Waals surface area contributed by atoms with E-state index in [1.54, 1.807) is 0 Å². The summed E-state index contributed by atoms with van der Waals surface area (Å²) < 4.78 is 1.20. The van der Waals surface area contributed by atoms with Crippen LogP contribution < -0.4 is 5.32 Å². The zero-order chi connectivity index (χ0) is 9.97. The van der Waals surface area contributed by atoms with Gasteiger partial charge in [0.1, 0.15) is 0 Å². The number of nitrogens with one attached hydrogen (secondary N) is 1. The summed E-state index contributed by atoms with van der Waals surface area (Å²) in [5.74, 6) is 1.33. The van der Waals surface area contributed by atoms with Crippen molar-refractivity contribution in [3.8, 4) is 0 Å². The average molecular weight is 322 g/mol. The monoisotopic (exact) mass is 321 g/mol. The van der Waals surface area contributed by atoms with Gasteiger partial charge in [0.25, 0.3) is 0 Å². The normalized spacial score (nSPS) is 26.7. The molecule has 1 aliphatic rings. The molecule has 1 aliphatic heterocycles. The van der Waals surface area contributed by atoms with E-state index < -0.39 is 0 Å². The molecule has 0 amide bonds. The van der Waals surface area contributed by atoms with Gasteiger partial charge in [-0.2, -0.15) is 0 Å². The Morgan fingerprint density at radius 1 is 1.36 bits per heavy atom. The van der Waals surface area contributed by atoms with Gasteiger partial charge in [0.05, 0.1) is 0 Å². The maximum absolute atomic E-state index is 6.20. The van der Waals surface area contributed by atoms with Crippen molar-refractivity contribution in [2.75, 3.05) is 17.5 Å². The zero-order valence-corrected chi connectivity index (χ0v) is 10.8. The maximum Gasteiger partial charge on any atom is 0.0441 e. The second-order valence-electron chi connectivity index (χ2n) is 3.70. The van der Waals surface area contributed by atoms with Crippen LogP contribution in [-0.4, -0.2) is 17.5 Å². The van der Waals surface area contributed by atoms with E-state index in [9.17, 15) is 0 Å². The second kappa shape index (κ2) is 4.81. The molecule has 1 aromatic carbocycles. The van der Waals surface area contributed by atoms with E-state index in [0.717, 1.165) is 24.0 Å². The highest BCUT2D eigenvalue weighted by molar-refractivity contribution is 14.1. The Balaban J connectivity index is 2.26. The molecule has 0 aliphatic carbocycles. The molecule has 1 fully saturated rings. The number of halogens is 2. The zero-order valence-electron chi connectivity index (χ0n) is 7.84. The summed E-state index contributed by atoms with van der Waals surface area (Å²) in [4.78, 5) is 0. The predicted octanol–water partition coefficient (Wildman–Crippen LogP) is 3.08. The predicted molar refractivity (Wildman–Crippen MR) is 69.4 cm³/mol. The van der Waals surface area contributed by atoms with Crippen LogP contribution in [0.4, 0.5) is 0 Å². The van der Waals surface area contributed by atoms with Gasteiger partial charge in [0, 0.05) is 21.9 Å². The number of alkyl halides is 1. The third kappa shape index (κ3) is 2.07. The van der Waals surface area contributed by atoms with E-state index >= 15 is 0 Å². The molecule has 14 heavy (non-hydrogen) atoms. The summed E-state index contributed by atoms with van der Waals surface area (Å²) >= 11 is 8.66. The van der Waals surface area contributed by atoms with E-state index in [2.05, 4.69) is 40.0 Å². The number of hydrogen-bond donors (Lipinski definition) is 1. The Kier molecular flexibility index (Phi) is 3.68. The van der Waals surface area contributed by atoms with Gasteiger partial charge in [-0.3, -0.25) is 0 Å². The van der Waals surface area contributed by atoms with Gasteiger partial charge in [0.2, 0.25) is 0 Å². The molecule has 2 unspecified atom stereocenters. The molecule has 0 radical (unpaired) electrons. The molecule has 1 saturated heterocycles. The lowest BCUT2D eigenvalue weighted by Crippen LogP contribution is -2.12. The van der Waals surface area contributed by atoms with Crippen LogP contribution in [-0.2, 0) is 0 Å². The van der Waals surface area contributed by atoms with Crippen molar-refractivity contribution in [2.24, 2.45) is 5.92 Å². The molecular formula is C11H13ClIN. The summed E-state index contributed by atoms with van der Waals surface area (Å²) in [5, 5.41) is 4.35. The molecule has 3 heteroatoms. The minimum absolute atomic E-state index is 0.598. The fraction of sp³-hybridized carbons (Fsp3) is 0.455. The van der Waals surface area contributed by atoms with Crippen molar-refractivity contribution in [3.05, 3.63) is 34.9 Å². The van der Waals surface area contributed by atoms with Crippen LogP contribution in [0.15, 0.2) is 24.3 Å². The van der Waals surface area contributed by atoms with Crippen LogP contribution in [0, 0.1) is 5.92 Å². The third-order valence-electron chi connectivity index (χ3n) is 2.84. The standard InChI is InChI=1S/C11H13ClIN/c12-11-4-2-1-3-9(11)10-7-14-6-8(10)5-13/h1-4,8,10,14H,5-7H2. The fourth-order valence-corrected chi connectivity index (χ4v) is 3.24. The number of hydrogen-bond acceptors (Lipinski definition) is 1. The highest BCUT2D eigenvalue weighted by Gasteiger charge is 2.28. The van der Waals surface area contributed by atoms with Gasteiger partial charge < -0.3 is 5.32 Å². The van der Waals surface area contributed by atoms with Crippen LogP contribution in [0.2, 0.25) is 5.02 Å². The summed E-state index contributed by atoms with van der Waals surface area (Å²) in [7, 11) is 0. The van der Waals surface area contributed by atoms with Gasteiger partial charge >= 0.3 is 0 Å². The van der Waals surface area contributed by atoms with Gasteiger partial charge in [0.15, 0.2) is 0 Å². The minimum Gasteiger partial charge on any atom is -0.316 e. The highest BCUT2D eigenvalue weighted by atomic mass is 127. The lowest BCUT2D eigenvalue weighted by Gasteiger charge is -2.17. The van der Waals surface area contributed by atoms with Crippen molar-refractivity contribution in [1.29, 1.82) is 0 Å². The first kappa shape index (κ1) is 10.7. The summed E-state index contributed by atoms with van der Waals surface area (Å²) in [6.45, 7) is 2.19. The Labute approximate surface area is 103 Å². The third-order valence-corrected chi connectivity index (χ3v) is 4.32. The second-order valence-corrected chi connectivity index (χ2v) is 4.99. The van der Waals surface area contributed by atoms with Crippen LogP contribution in [0.5, 0.6) is 0 Å². The molecule has 1 aromatic rings. The van der Waals surface area contributed by atoms with Crippen molar-refractivity contribution < 1.29 is 0 Å². The van der Waals surface area contributed by atoms with Crippen LogP contribution in [0.1, 0.15) is 11.5 Å². The van der Waals surface area contributed by atoms with E-state index in [1.807, 2.05) is 12.1 Å². The summed E-state index contributed by atoms with van der Waals surface area (Å²) in [5.41, 5.74) is 1.31. The summed E-state index contributed by atoms with van der Waals surface area (Å²) in [6, 6.07) is 8.20. The molecular weight excluding hydrogens is 308 g/mol. The Morgan fingerprint density at radius 3 is 2.86 bits per heavy atom.